The van der Waals surface area contributed by atoms with Gasteiger partial charge in [-0.1, -0.05) is 29.1 Å². The summed E-state index contributed by atoms with van der Waals surface area (Å²) in [7, 11) is 3.11. The minimum Gasteiger partial charge on any atom is -0.493 e. The summed E-state index contributed by atoms with van der Waals surface area (Å²) in [5.41, 5.74) is 1.51. The second kappa shape index (κ2) is 8.78. The third kappa shape index (κ3) is 4.18. The smallest absolute Gasteiger partial charge is 0.252 e. The molecule has 0 fully saturated rings. The van der Waals surface area contributed by atoms with Crippen molar-refractivity contribution in [3.63, 3.8) is 0 Å². The molecule has 3 heterocycles. The van der Waals surface area contributed by atoms with Crippen molar-refractivity contribution in [3.05, 3.63) is 64.9 Å². The van der Waals surface area contributed by atoms with Crippen LogP contribution in [0.2, 0.25) is 0 Å². The van der Waals surface area contributed by atoms with E-state index in [4.69, 9.17) is 14.0 Å². The van der Waals surface area contributed by atoms with E-state index in [0.717, 1.165) is 0 Å². The highest BCUT2D eigenvalue weighted by Crippen LogP contribution is 2.36. The zero-order valence-corrected chi connectivity index (χ0v) is 17.0. The van der Waals surface area contributed by atoms with E-state index in [1.54, 1.807) is 38.6 Å². The summed E-state index contributed by atoms with van der Waals surface area (Å²) in [6.07, 6.45) is 1.65. The molecule has 0 spiro atoms. The van der Waals surface area contributed by atoms with Crippen LogP contribution in [-0.4, -0.2) is 39.3 Å². The van der Waals surface area contributed by atoms with Gasteiger partial charge in [0.1, 0.15) is 0 Å². The predicted octanol–water partition coefficient (Wildman–Crippen LogP) is 3.19. The molecule has 10 heteroatoms. The van der Waals surface area contributed by atoms with Crippen LogP contribution < -0.4 is 15.0 Å². The summed E-state index contributed by atoms with van der Waals surface area (Å²) in [5.74, 6) is 2.18. The summed E-state index contributed by atoms with van der Waals surface area (Å²) in [5, 5.41) is 4.46. The van der Waals surface area contributed by atoms with Gasteiger partial charge in [-0.2, -0.15) is 4.98 Å². The van der Waals surface area contributed by atoms with E-state index in [1.807, 2.05) is 18.2 Å². The van der Waals surface area contributed by atoms with Gasteiger partial charge in [-0.05, 0) is 24.3 Å². The average molecular weight is 423 g/mol. The van der Waals surface area contributed by atoms with Gasteiger partial charge in [-0.3, -0.25) is 9.78 Å². The molecular weight excluding hydrogens is 406 g/mol. The first-order valence-electron chi connectivity index (χ1n) is 8.87. The maximum atomic E-state index is 12.0. The molecule has 0 saturated carbocycles. The lowest BCUT2D eigenvalue weighted by molar-refractivity contribution is 0.355. The minimum atomic E-state index is -0.263. The van der Waals surface area contributed by atoms with Crippen molar-refractivity contribution in [1.82, 2.24) is 25.1 Å². The van der Waals surface area contributed by atoms with E-state index in [2.05, 4.69) is 25.1 Å². The Bertz CT molecular complexity index is 1210. The topological polar surface area (TPSA) is 116 Å². The molecule has 0 radical (unpaired) electrons. The van der Waals surface area contributed by atoms with Crippen LogP contribution >= 0.6 is 11.8 Å². The number of rotatable bonds is 7. The lowest BCUT2D eigenvalue weighted by Gasteiger charge is -2.09. The Kier molecular flexibility index (Phi) is 5.75. The molecule has 4 aromatic rings. The van der Waals surface area contributed by atoms with Crippen LogP contribution in [-0.2, 0) is 5.75 Å². The fourth-order valence-electron chi connectivity index (χ4n) is 2.77. The van der Waals surface area contributed by atoms with Crippen molar-refractivity contribution >= 4 is 11.8 Å². The molecule has 0 unspecified atom stereocenters. The Labute approximate surface area is 175 Å². The van der Waals surface area contributed by atoms with Gasteiger partial charge in [0.25, 0.3) is 5.56 Å². The quantitative estimate of drug-likeness (QED) is 0.353. The van der Waals surface area contributed by atoms with Crippen molar-refractivity contribution in [2.45, 2.75) is 10.9 Å². The highest BCUT2D eigenvalue weighted by atomic mass is 32.2. The fourth-order valence-corrected chi connectivity index (χ4v) is 3.48. The van der Waals surface area contributed by atoms with Crippen LogP contribution in [0, 0.1) is 0 Å². The maximum Gasteiger partial charge on any atom is 0.252 e. The van der Waals surface area contributed by atoms with E-state index < -0.39 is 0 Å². The summed E-state index contributed by atoms with van der Waals surface area (Å²) in [6, 6.07) is 12.3. The minimum absolute atomic E-state index is 0.263. The molecule has 4 rings (SSSR count). The number of nitrogens with one attached hydrogen (secondary N) is 1. The Hall–Kier alpha value is -3.66. The van der Waals surface area contributed by atoms with E-state index in [-0.39, 0.29) is 5.56 Å². The van der Waals surface area contributed by atoms with Gasteiger partial charge < -0.3 is 19.0 Å². The van der Waals surface area contributed by atoms with Crippen LogP contribution in [0.4, 0.5) is 0 Å². The molecule has 0 aliphatic heterocycles. The molecule has 1 N–H and O–H groups in total. The lowest BCUT2D eigenvalue weighted by atomic mass is 10.2. The second-order valence-corrected chi connectivity index (χ2v) is 6.96. The van der Waals surface area contributed by atoms with Crippen molar-refractivity contribution in [2.75, 3.05) is 14.2 Å². The number of nitrogens with zero attached hydrogens (tertiary/aromatic N) is 4. The number of methoxy groups -OCH3 is 2. The molecule has 0 aliphatic rings. The number of hydrogen-bond acceptors (Lipinski definition) is 9. The SMILES string of the molecule is COc1cccc(-c2noc(CSc3nc(-c4ccccn4)cc(=O)[nH]3)n2)c1OC. The molecule has 0 aliphatic carbocycles. The average Bonchev–Trinajstić information content (AvgIpc) is 3.26. The monoisotopic (exact) mass is 423 g/mol. The third-order valence-corrected chi connectivity index (χ3v) is 4.95. The number of aromatic nitrogens is 5. The van der Waals surface area contributed by atoms with Crippen molar-refractivity contribution in [2.24, 2.45) is 0 Å². The van der Waals surface area contributed by atoms with Gasteiger partial charge in [-0.25, -0.2) is 4.98 Å². The Morgan fingerprint density at radius 1 is 1.07 bits per heavy atom. The molecule has 1 aromatic carbocycles. The molecule has 0 bridgehead atoms. The van der Waals surface area contributed by atoms with Crippen LogP contribution in [0.15, 0.2) is 63.1 Å². The number of aromatic amines is 1. The predicted molar refractivity (Wildman–Crippen MR) is 110 cm³/mol. The molecule has 9 nitrogen and oxygen atoms in total. The zero-order valence-electron chi connectivity index (χ0n) is 16.2. The van der Waals surface area contributed by atoms with Crippen LogP contribution in [0.25, 0.3) is 22.8 Å². The van der Waals surface area contributed by atoms with Crippen LogP contribution in [0.5, 0.6) is 11.5 Å². The van der Waals surface area contributed by atoms with Crippen molar-refractivity contribution in [3.8, 4) is 34.3 Å². The summed E-state index contributed by atoms with van der Waals surface area (Å²) >= 11 is 1.28. The summed E-state index contributed by atoms with van der Waals surface area (Å²) < 4.78 is 16.1. The second-order valence-electron chi connectivity index (χ2n) is 5.99. The molecule has 0 atom stereocenters. The molecule has 0 saturated heterocycles. The molecule has 0 amide bonds. The van der Waals surface area contributed by atoms with E-state index >= 15 is 0 Å². The zero-order chi connectivity index (χ0) is 20.9. The van der Waals surface area contributed by atoms with Gasteiger partial charge >= 0.3 is 0 Å². The van der Waals surface area contributed by atoms with Crippen molar-refractivity contribution in [1.29, 1.82) is 0 Å². The Morgan fingerprint density at radius 2 is 1.97 bits per heavy atom. The molecule has 152 valence electrons. The van der Waals surface area contributed by atoms with Gasteiger partial charge in [0.2, 0.25) is 11.7 Å². The number of pyridine rings is 1. The van der Waals surface area contributed by atoms with E-state index in [0.29, 0.717) is 51.1 Å². The largest absolute Gasteiger partial charge is 0.493 e. The standard InChI is InChI=1S/C20H17N5O4S/c1-27-15-8-5-6-12(18(15)28-2)19-24-17(29-25-19)11-30-20-22-14(10-16(26)23-20)13-7-3-4-9-21-13/h3-10H,11H2,1-2H3,(H,22,23,26). The van der Waals surface area contributed by atoms with Crippen molar-refractivity contribution < 1.29 is 14.0 Å². The molecule has 30 heavy (non-hydrogen) atoms. The first-order chi connectivity index (χ1) is 14.7. The highest BCUT2D eigenvalue weighted by molar-refractivity contribution is 7.98. The Morgan fingerprint density at radius 3 is 2.73 bits per heavy atom. The van der Waals surface area contributed by atoms with Crippen LogP contribution in [0.3, 0.4) is 0 Å². The normalized spacial score (nSPS) is 10.7. The number of benzene rings is 1. The lowest BCUT2D eigenvalue weighted by Crippen LogP contribution is -2.08. The number of thioether (sulfide) groups is 1. The van der Waals surface area contributed by atoms with Gasteiger partial charge in [-0.15, -0.1) is 0 Å². The van der Waals surface area contributed by atoms with Gasteiger partial charge in [0, 0.05) is 12.3 Å². The molecule has 3 aromatic heterocycles. The van der Waals surface area contributed by atoms with E-state index in [1.165, 1.54) is 17.8 Å². The molecular formula is C20H17N5O4S. The summed E-state index contributed by atoms with van der Waals surface area (Å²) in [4.78, 5) is 27.8. The summed E-state index contributed by atoms with van der Waals surface area (Å²) in [6.45, 7) is 0. The number of ether oxygens (including phenoxy) is 2. The van der Waals surface area contributed by atoms with Crippen LogP contribution in [0.1, 0.15) is 5.89 Å². The fraction of sp³-hybridized carbons (Fsp3) is 0.150. The number of H-pyrrole nitrogens is 1. The van der Waals surface area contributed by atoms with Gasteiger partial charge in [0.05, 0.1) is 36.9 Å². The maximum absolute atomic E-state index is 12.0. The van der Waals surface area contributed by atoms with Gasteiger partial charge in [0.15, 0.2) is 16.7 Å². The number of para-hydroxylation sites is 1. The highest BCUT2D eigenvalue weighted by Gasteiger charge is 2.17. The third-order valence-electron chi connectivity index (χ3n) is 4.09. The Balaban J connectivity index is 1.54. The number of hydrogen-bond donors (Lipinski definition) is 1. The first kappa shape index (κ1) is 19.6. The van der Waals surface area contributed by atoms with E-state index in [9.17, 15) is 4.79 Å². The first-order valence-corrected chi connectivity index (χ1v) is 9.86.